The Labute approximate surface area is 95.2 Å². The Morgan fingerprint density at radius 3 is 3.00 bits per heavy atom. The molecule has 3 nitrogen and oxygen atoms in total. The smallest absolute Gasteiger partial charge is 0.256 e. The summed E-state index contributed by atoms with van der Waals surface area (Å²) in [5.41, 5.74) is 0.490. The normalized spacial score (nSPS) is 10.7. The molecule has 0 spiro atoms. The summed E-state index contributed by atoms with van der Waals surface area (Å²) >= 11 is 8.54. The lowest BCUT2D eigenvalue weighted by Crippen LogP contribution is -2.23. The van der Waals surface area contributed by atoms with Crippen LogP contribution in [0.2, 0.25) is 0 Å². The molecule has 0 aromatic carbocycles. The molecule has 0 aliphatic carbocycles. The lowest BCUT2D eigenvalue weighted by atomic mass is 10.3. The Morgan fingerprint density at radius 2 is 2.43 bits per heavy atom. The van der Waals surface area contributed by atoms with Crippen LogP contribution in [0.1, 0.15) is 10.4 Å². The maximum absolute atomic E-state index is 11.4. The van der Waals surface area contributed by atoms with Gasteiger partial charge in [-0.3, -0.25) is 4.79 Å². The molecular weight excluding hydrogens is 269 g/mol. The minimum atomic E-state index is -0.176. The van der Waals surface area contributed by atoms with Crippen LogP contribution in [0, 0.1) is 0 Å². The van der Waals surface area contributed by atoms with E-state index < -0.39 is 0 Å². The SMILES string of the molecule is O=C(NC/C=C/CCl)c1ccoc1Br. The molecule has 1 heterocycles. The van der Waals surface area contributed by atoms with Crippen molar-refractivity contribution in [1.82, 2.24) is 5.32 Å². The Balaban J connectivity index is 2.44. The molecule has 1 rings (SSSR count). The van der Waals surface area contributed by atoms with Crippen molar-refractivity contribution >= 4 is 33.4 Å². The zero-order valence-electron chi connectivity index (χ0n) is 7.30. The number of amides is 1. The molecule has 0 saturated heterocycles. The highest BCUT2D eigenvalue weighted by Gasteiger charge is 2.10. The number of alkyl halides is 1. The lowest BCUT2D eigenvalue weighted by molar-refractivity contribution is 0.0956. The first-order valence-corrected chi connectivity index (χ1v) is 5.30. The van der Waals surface area contributed by atoms with Gasteiger partial charge in [-0.15, -0.1) is 11.6 Å². The van der Waals surface area contributed by atoms with Crippen LogP contribution in [0.15, 0.2) is 33.6 Å². The maximum Gasteiger partial charge on any atom is 0.256 e. The van der Waals surface area contributed by atoms with Crippen LogP contribution in [0.3, 0.4) is 0 Å². The fourth-order valence-corrected chi connectivity index (χ4v) is 1.40. The van der Waals surface area contributed by atoms with E-state index in [-0.39, 0.29) is 5.91 Å². The van der Waals surface area contributed by atoms with E-state index in [1.807, 2.05) is 0 Å². The zero-order valence-corrected chi connectivity index (χ0v) is 9.64. The second-order valence-electron chi connectivity index (χ2n) is 2.44. The predicted octanol–water partition coefficient (Wildman–Crippen LogP) is 2.57. The molecule has 0 atom stereocenters. The first-order chi connectivity index (χ1) is 6.75. The van der Waals surface area contributed by atoms with Crippen molar-refractivity contribution in [3.63, 3.8) is 0 Å². The van der Waals surface area contributed by atoms with Crippen molar-refractivity contribution in [2.75, 3.05) is 12.4 Å². The molecule has 1 amide bonds. The third-order valence-corrected chi connectivity index (χ3v) is 2.29. The van der Waals surface area contributed by atoms with Crippen LogP contribution in [0.4, 0.5) is 0 Å². The van der Waals surface area contributed by atoms with Gasteiger partial charge >= 0.3 is 0 Å². The second-order valence-corrected chi connectivity index (χ2v) is 3.47. The van der Waals surface area contributed by atoms with E-state index in [0.29, 0.717) is 22.7 Å². The molecule has 1 N–H and O–H groups in total. The summed E-state index contributed by atoms with van der Waals surface area (Å²) in [4.78, 5) is 11.4. The first kappa shape index (κ1) is 11.3. The quantitative estimate of drug-likeness (QED) is 0.679. The molecule has 0 aliphatic rings. The molecule has 0 radical (unpaired) electrons. The van der Waals surface area contributed by atoms with Crippen LogP contribution in [-0.2, 0) is 0 Å². The Hall–Kier alpha value is -0.740. The van der Waals surface area contributed by atoms with Gasteiger partial charge in [0.1, 0.15) is 0 Å². The van der Waals surface area contributed by atoms with E-state index in [0.717, 1.165) is 0 Å². The largest absolute Gasteiger partial charge is 0.457 e. The van der Waals surface area contributed by atoms with Gasteiger partial charge in [-0.2, -0.15) is 0 Å². The van der Waals surface area contributed by atoms with Gasteiger partial charge in [0.05, 0.1) is 11.8 Å². The zero-order chi connectivity index (χ0) is 10.4. The highest BCUT2D eigenvalue weighted by atomic mass is 79.9. The minimum absolute atomic E-state index is 0.176. The van der Waals surface area contributed by atoms with Gasteiger partial charge in [0.15, 0.2) is 4.67 Å². The summed E-state index contributed by atoms with van der Waals surface area (Å²) in [5, 5.41) is 2.69. The number of carbonyl (C=O) groups is 1. The van der Waals surface area contributed by atoms with E-state index in [1.54, 1.807) is 18.2 Å². The monoisotopic (exact) mass is 277 g/mol. The van der Waals surface area contributed by atoms with Crippen LogP contribution in [0.5, 0.6) is 0 Å². The molecule has 0 aliphatic heterocycles. The van der Waals surface area contributed by atoms with E-state index in [2.05, 4.69) is 21.2 Å². The summed E-state index contributed by atoms with van der Waals surface area (Å²) in [6.07, 6.45) is 5.01. The van der Waals surface area contributed by atoms with Gasteiger partial charge in [-0.05, 0) is 22.0 Å². The third-order valence-electron chi connectivity index (χ3n) is 1.50. The van der Waals surface area contributed by atoms with Gasteiger partial charge in [0.2, 0.25) is 0 Å². The Kier molecular flexibility index (Phi) is 4.76. The standard InChI is InChI=1S/C9H9BrClNO2/c10-8-7(3-6-14-8)9(13)12-5-2-1-4-11/h1-3,6H,4-5H2,(H,12,13)/b2-1+. The molecule has 5 heteroatoms. The molecule has 0 unspecified atom stereocenters. The summed E-state index contributed by atoms with van der Waals surface area (Å²) in [6.45, 7) is 0.461. The average molecular weight is 279 g/mol. The van der Waals surface area contributed by atoms with Crippen molar-refractivity contribution in [2.24, 2.45) is 0 Å². The predicted molar refractivity (Wildman–Crippen MR) is 58.6 cm³/mol. The molecule has 0 fully saturated rings. The summed E-state index contributed by atoms with van der Waals surface area (Å²) < 4.78 is 5.37. The number of rotatable bonds is 4. The van der Waals surface area contributed by atoms with Crippen molar-refractivity contribution in [3.05, 3.63) is 34.7 Å². The number of hydrogen-bond acceptors (Lipinski definition) is 2. The molecule has 0 bridgehead atoms. The third kappa shape index (κ3) is 3.20. The van der Waals surface area contributed by atoms with Gasteiger partial charge in [0.25, 0.3) is 5.91 Å². The number of hydrogen-bond donors (Lipinski definition) is 1. The fourth-order valence-electron chi connectivity index (χ4n) is 0.849. The van der Waals surface area contributed by atoms with Crippen molar-refractivity contribution < 1.29 is 9.21 Å². The van der Waals surface area contributed by atoms with Crippen LogP contribution < -0.4 is 5.32 Å². The Bertz CT molecular complexity index is 335. The number of allylic oxidation sites excluding steroid dienone is 1. The molecule has 76 valence electrons. The van der Waals surface area contributed by atoms with E-state index >= 15 is 0 Å². The maximum atomic E-state index is 11.4. The Morgan fingerprint density at radius 1 is 1.64 bits per heavy atom. The van der Waals surface area contributed by atoms with E-state index in [4.69, 9.17) is 16.0 Å². The second kappa shape index (κ2) is 5.88. The average Bonchev–Trinajstić information content (AvgIpc) is 2.59. The molecule has 1 aromatic heterocycles. The molecular formula is C9H9BrClNO2. The number of nitrogens with one attached hydrogen (secondary N) is 1. The van der Waals surface area contributed by atoms with E-state index in [1.165, 1.54) is 6.26 Å². The van der Waals surface area contributed by atoms with Crippen molar-refractivity contribution in [3.8, 4) is 0 Å². The summed E-state index contributed by atoms with van der Waals surface area (Å²) in [6, 6.07) is 1.60. The van der Waals surface area contributed by atoms with E-state index in [9.17, 15) is 4.79 Å². The topological polar surface area (TPSA) is 42.2 Å². The van der Waals surface area contributed by atoms with Gasteiger partial charge < -0.3 is 9.73 Å². The highest BCUT2D eigenvalue weighted by Crippen LogP contribution is 2.16. The van der Waals surface area contributed by atoms with Gasteiger partial charge in [-0.25, -0.2) is 0 Å². The fraction of sp³-hybridized carbons (Fsp3) is 0.222. The van der Waals surface area contributed by atoms with Crippen molar-refractivity contribution in [2.45, 2.75) is 0 Å². The number of carbonyl (C=O) groups excluding carboxylic acids is 1. The number of halogens is 2. The van der Waals surface area contributed by atoms with Crippen LogP contribution >= 0.6 is 27.5 Å². The minimum Gasteiger partial charge on any atom is -0.457 e. The highest BCUT2D eigenvalue weighted by molar-refractivity contribution is 9.10. The summed E-state index contributed by atoms with van der Waals surface area (Å²) in [7, 11) is 0. The summed E-state index contributed by atoms with van der Waals surface area (Å²) in [5.74, 6) is 0.274. The molecule has 14 heavy (non-hydrogen) atoms. The first-order valence-electron chi connectivity index (χ1n) is 3.98. The lowest BCUT2D eigenvalue weighted by Gasteiger charge is -1.98. The molecule has 0 saturated carbocycles. The van der Waals surface area contributed by atoms with Gasteiger partial charge in [-0.1, -0.05) is 12.2 Å². The van der Waals surface area contributed by atoms with Crippen molar-refractivity contribution in [1.29, 1.82) is 0 Å². The van der Waals surface area contributed by atoms with Gasteiger partial charge in [0, 0.05) is 12.4 Å². The van der Waals surface area contributed by atoms with Crippen LogP contribution in [-0.4, -0.2) is 18.3 Å². The van der Waals surface area contributed by atoms with Crippen LogP contribution in [0.25, 0.3) is 0 Å². The number of furan rings is 1. The molecule has 1 aromatic rings.